The van der Waals surface area contributed by atoms with Crippen LogP contribution in [0.25, 0.3) is 0 Å². The van der Waals surface area contributed by atoms with E-state index in [1.165, 1.54) is 48.6 Å². The molecule has 0 amide bonds. The summed E-state index contributed by atoms with van der Waals surface area (Å²) >= 11 is 0. The smallest absolute Gasteiger partial charge is 0.225 e. The third-order valence-corrected chi connectivity index (χ3v) is 8.63. The summed E-state index contributed by atoms with van der Waals surface area (Å²) in [5.41, 5.74) is 0. The molecule has 0 aromatic heterocycles. The molecule has 0 fully saturated rings. The molecule has 8 heteroatoms. The molecular weight excluding hydrogens is 276 g/mol. The van der Waals surface area contributed by atoms with E-state index in [0.717, 1.165) is 0 Å². The summed E-state index contributed by atoms with van der Waals surface area (Å²) in [5, 5.41) is 6.81. The lowest BCUT2D eigenvalue weighted by atomic mass is 10.3. The van der Waals surface area contributed by atoms with Crippen molar-refractivity contribution in [2.24, 2.45) is 10.2 Å². The Morgan fingerprint density at radius 2 is 1.06 bits per heavy atom. The lowest BCUT2D eigenvalue weighted by Gasteiger charge is -2.28. The van der Waals surface area contributed by atoms with E-state index in [1.54, 1.807) is 0 Å². The summed E-state index contributed by atoms with van der Waals surface area (Å²) in [7, 11) is -6.73. The second kappa shape index (κ2) is 4.88. The fourth-order valence-corrected chi connectivity index (χ4v) is 5.70. The van der Waals surface area contributed by atoms with Gasteiger partial charge in [0.05, 0.1) is 9.49 Å². The Morgan fingerprint density at radius 1 is 0.778 bits per heavy atom. The second-order valence-electron chi connectivity index (χ2n) is 5.94. The van der Waals surface area contributed by atoms with Gasteiger partial charge in [-0.05, 0) is 41.5 Å². The highest BCUT2D eigenvalue weighted by atomic mass is 32.3. The maximum Gasteiger partial charge on any atom is 0.272 e. The highest BCUT2D eigenvalue weighted by molar-refractivity contribution is 8.10. The normalized spacial score (nSPS) is 15.6. The van der Waals surface area contributed by atoms with E-state index >= 15 is 0 Å². The summed E-state index contributed by atoms with van der Waals surface area (Å²) < 4.78 is 44.9. The third kappa shape index (κ3) is 3.09. The van der Waals surface area contributed by atoms with Crippen LogP contribution in [0.15, 0.2) is 10.2 Å². The van der Waals surface area contributed by atoms with Gasteiger partial charge in [0.15, 0.2) is 19.7 Å². The molecule has 0 aromatic rings. The molecule has 0 aliphatic carbocycles. The van der Waals surface area contributed by atoms with Gasteiger partial charge in [-0.15, -0.1) is 0 Å². The Morgan fingerprint density at radius 3 is 1.22 bits per heavy atom. The summed E-state index contributed by atoms with van der Waals surface area (Å²) in [4.78, 5) is 0. The van der Waals surface area contributed by atoms with Crippen molar-refractivity contribution >= 4 is 19.7 Å². The van der Waals surface area contributed by atoms with Gasteiger partial charge in [0, 0.05) is 7.05 Å². The Bertz CT molecular complexity index is 475. The molecule has 0 spiro atoms. The zero-order chi connectivity index (χ0) is 15.0. The molecule has 0 radical (unpaired) electrons. The highest BCUT2D eigenvalue weighted by Gasteiger charge is 2.49. The van der Waals surface area contributed by atoms with Crippen LogP contribution >= 0.6 is 0 Å². The van der Waals surface area contributed by atoms with E-state index in [4.69, 9.17) is 0 Å². The number of hydrogen-bond donors (Lipinski definition) is 0. The van der Waals surface area contributed by atoms with Crippen molar-refractivity contribution in [1.82, 2.24) is 0 Å². The van der Waals surface area contributed by atoms with Gasteiger partial charge in [-0.25, -0.2) is 16.8 Å². The lowest BCUT2D eigenvalue weighted by molar-refractivity contribution is 0.533. The van der Waals surface area contributed by atoms with E-state index in [2.05, 4.69) is 10.2 Å². The van der Waals surface area contributed by atoms with Crippen LogP contribution in [0.5, 0.6) is 0 Å². The number of azo groups is 1. The Balaban J connectivity index is 6.13. The van der Waals surface area contributed by atoms with Crippen LogP contribution in [0.1, 0.15) is 41.5 Å². The van der Waals surface area contributed by atoms with E-state index in [-0.39, 0.29) is 0 Å². The van der Waals surface area contributed by atoms with Crippen LogP contribution in [-0.2, 0) is 19.7 Å². The molecule has 0 atom stereocenters. The summed E-state index contributed by atoms with van der Waals surface area (Å²) in [5.74, 6) is 0. The van der Waals surface area contributed by atoms with Gasteiger partial charge in [0.25, 0.3) is 4.71 Å². The highest BCUT2D eigenvalue weighted by Crippen LogP contribution is 2.31. The van der Waals surface area contributed by atoms with Crippen LogP contribution in [0, 0.1) is 0 Å². The third-order valence-electron chi connectivity index (χ3n) is 2.45. The first-order valence-corrected chi connectivity index (χ1v) is 8.54. The minimum atomic E-state index is -3.99. The molecule has 0 saturated carbocycles. The van der Waals surface area contributed by atoms with E-state index < -0.39 is 33.9 Å². The van der Waals surface area contributed by atoms with Gasteiger partial charge in [0.1, 0.15) is 0 Å². The molecule has 0 unspecified atom stereocenters. The number of rotatable bonds is 3. The summed E-state index contributed by atoms with van der Waals surface area (Å²) in [6, 6.07) is 0. The van der Waals surface area contributed by atoms with Crippen molar-refractivity contribution in [3.8, 4) is 0 Å². The molecule has 0 aromatic carbocycles. The second-order valence-corrected chi connectivity index (χ2v) is 11.8. The van der Waals surface area contributed by atoms with E-state index in [9.17, 15) is 16.8 Å². The van der Waals surface area contributed by atoms with Crippen LogP contribution < -0.4 is 0 Å². The van der Waals surface area contributed by atoms with Crippen LogP contribution in [0.3, 0.4) is 0 Å². The van der Waals surface area contributed by atoms with Crippen molar-refractivity contribution in [3.63, 3.8) is 0 Å². The van der Waals surface area contributed by atoms with Gasteiger partial charge in [0.2, 0.25) is 0 Å². The predicted molar refractivity (Wildman–Crippen MR) is 71.9 cm³/mol. The fraction of sp³-hybridized carbons (Fsp3) is 1.00. The summed E-state index contributed by atoms with van der Waals surface area (Å²) in [6.45, 7) is 8.66. The van der Waals surface area contributed by atoms with Gasteiger partial charge in [-0.1, -0.05) is 0 Å². The quantitative estimate of drug-likeness (QED) is 0.742. The molecule has 0 heterocycles. The SMILES string of the molecule is CN=NC(S(=O)(=O)C(C)(C)C)S(=O)(=O)C(C)(C)C. The number of sulfone groups is 2. The average molecular weight is 298 g/mol. The average Bonchev–Trinajstić information content (AvgIpc) is 2.09. The van der Waals surface area contributed by atoms with Gasteiger partial charge < -0.3 is 0 Å². The molecule has 0 aliphatic heterocycles. The first kappa shape index (κ1) is 17.5. The van der Waals surface area contributed by atoms with Crippen LogP contribution in [0.2, 0.25) is 0 Å². The lowest BCUT2D eigenvalue weighted by Crippen LogP contribution is -2.46. The molecule has 0 aliphatic rings. The molecule has 0 rings (SSSR count). The standard InChI is InChI=1S/C10H22N2O4S2/c1-9(2,3)17(13,14)8(12-11-7)18(15,16)10(4,5)6/h8H,1-7H3. The zero-order valence-electron chi connectivity index (χ0n) is 11.9. The van der Waals surface area contributed by atoms with Crippen molar-refractivity contribution in [2.75, 3.05) is 7.05 Å². The summed E-state index contributed by atoms with van der Waals surface area (Å²) in [6.07, 6.45) is 0. The monoisotopic (exact) mass is 298 g/mol. The maximum absolute atomic E-state index is 12.3. The molecule has 6 nitrogen and oxygen atoms in total. The Labute approximate surface area is 110 Å². The molecule has 0 saturated heterocycles. The zero-order valence-corrected chi connectivity index (χ0v) is 13.6. The largest absolute Gasteiger partial charge is 0.272 e. The predicted octanol–water partition coefficient (Wildman–Crippen LogP) is 1.78. The number of nitrogens with zero attached hydrogens (tertiary/aromatic N) is 2. The van der Waals surface area contributed by atoms with Crippen molar-refractivity contribution in [2.45, 2.75) is 55.7 Å². The minimum absolute atomic E-state index is 1.22. The van der Waals surface area contributed by atoms with E-state index in [1.807, 2.05) is 0 Å². The molecular formula is C10H22N2O4S2. The fourth-order valence-electron chi connectivity index (χ4n) is 0.990. The van der Waals surface area contributed by atoms with Crippen molar-refractivity contribution < 1.29 is 16.8 Å². The molecule has 0 N–H and O–H groups in total. The van der Waals surface area contributed by atoms with Crippen LogP contribution in [0.4, 0.5) is 0 Å². The topological polar surface area (TPSA) is 93.0 Å². The molecule has 18 heavy (non-hydrogen) atoms. The van der Waals surface area contributed by atoms with Gasteiger partial charge in [-0.2, -0.15) is 10.2 Å². The van der Waals surface area contributed by atoms with Crippen molar-refractivity contribution in [3.05, 3.63) is 0 Å². The first-order chi connectivity index (χ1) is 7.69. The van der Waals surface area contributed by atoms with Gasteiger partial charge in [-0.3, -0.25) is 0 Å². The van der Waals surface area contributed by atoms with E-state index in [0.29, 0.717) is 0 Å². The van der Waals surface area contributed by atoms with Gasteiger partial charge >= 0.3 is 0 Å². The maximum atomic E-state index is 12.3. The molecule has 0 bridgehead atoms. The first-order valence-electron chi connectivity index (χ1n) is 5.45. The van der Waals surface area contributed by atoms with Crippen LogP contribution in [-0.4, -0.2) is 38.1 Å². The number of hydrogen-bond acceptors (Lipinski definition) is 6. The Hall–Kier alpha value is -0.500. The van der Waals surface area contributed by atoms with Crippen molar-refractivity contribution in [1.29, 1.82) is 0 Å². The minimum Gasteiger partial charge on any atom is -0.225 e. The Kier molecular flexibility index (Phi) is 4.74. The molecule has 108 valence electrons.